The van der Waals surface area contributed by atoms with Crippen LogP contribution < -0.4 is 14.9 Å². The number of nitrogens with zero attached hydrogens (tertiary/aromatic N) is 1. The van der Waals surface area contributed by atoms with E-state index in [0.29, 0.717) is 16.9 Å². The van der Waals surface area contributed by atoms with E-state index in [2.05, 4.69) is 10.6 Å². The second-order valence-corrected chi connectivity index (χ2v) is 11.4. The Morgan fingerprint density at radius 1 is 0.865 bits per heavy atom. The van der Waals surface area contributed by atoms with Gasteiger partial charge < -0.3 is 10.6 Å². The summed E-state index contributed by atoms with van der Waals surface area (Å²) in [5.41, 5.74) is 2.87. The highest BCUT2D eigenvalue weighted by Crippen LogP contribution is 2.26. The Balaban J connectivity index is 1.59. The Labute approximate surface area is 218 Å². The molecule has 0 heterocycles. The van der Waals surface area contributed by atoms with Crippen molar-refractivity contribution < 1.29 is 18.0 Å². The van der Waals surface area contributed by atoms with E-state index >= 15 is 0 Å². The lowest BCUT2D eigenvalue weighted by Gasteiger charge is -2.25. The molecule has 37 heavy (non-hydrogen) atoms. The Hall–Kier alpha value is -3.65. The average molecular weight is 520 g/mol. The van der Waals surface area contributed by atoms with Crippen LogP contribution in [0.25, 0.3) is 0 Å². The Bertz CT molecular complexity index is 1350. The lowest BCUT2D eigenvalue weighted by atomic mass is 9.95. The van der Waals surface area contributed by atoms with Crippen molar-refractivity contribution in [3.8, 4) is 0 Å². The summed E-state index contributed by atoms with van der Waals surface area (Å²) < 4.78 is 28.4. The molecule has 0 radical (unpaired) electrons. The van der Waals surface area contributed by atoms with Crippen molar-refractivity contribution in [1.29, 1.82) is 0 Å². The van der Waals surface area contributed by atoms with E-state index in [1.54, 1.807) is 54.6 Å². The minimum Gasteiger partial charge on any atom is -0.349 e. The molecule has 2 amide bonds. The lowest BCUT2D eigenvalue weighted by Crippen LogP contribution is -2.39. The zero-order chi connectivity index (χ0) is 26.4. The Morgan fingerprint density at radius 3 is 2.16 bits per heavy atom. The summed E-state index contributed by atoms with van der Waals surface area (Å²) in [4.78, 5) is 26.4. The van der Waals surface area contributed by atoms with E-state index in [1.165, 1.54) is 18.6 Å². The third-order valence-corrected chi connectivity index (χ3v) is 8.29. The molecule has 0 atom stereocenters. The zero-order valence-corrected chi connectivity index (χ0v) is 22.1. The van der Waals surface area contributed by atoms with Crippen molar-refractivity contribution >= 4 is 33.2 Å². The average Bonchev–Trinajstić information content (AvgIpc) is 2.88. The number of sulfonamides is 1. The summed E-state index contributed by atoms with van der Waals surface area (Å²) in [5, 5.41) is 5.85. The van der Waals surface area contributed by atoms with Gasteiger partial charge in [-0.15, -0.1) is 0 Å². The minimum atomic E-state index is -4.03. The summed E-state index contributed by atoms with van der Waals surface area (Å²) in [6.07, 6.45) is 5.26. The van der Waals surface area contributed by atoms with Crippen molar-refractivity contribution in [1.82, 2.24) is 5.32 Å². The molecular formula is C29H33N3O4S. The number of nitrogens with one attached hydrogen (secondary N) is 2. The number of benzene rings is 3. The molecule has 1 fully saturated rings. The second-order valence-electron chi connectivity index (χ2n) is 9.57. The molecule has 194 valence electrons. The van der Waals surface area contributed by atoms with Gasteiger partial charge in [0.2, 0.25) is 5.91 Å². The number of aryl methyl sites for hydroxylation is 2. The lowest BCUT2D eigenvalue weighted by molar-refractivity contribution is -0.114. The summed E-state index contributed by atoms with van der Waals surface area (Å²) >= 11 is 0. The summed E-state index contributed by atoms with van der Waals surface area (Å²) in [6, 6.07) is 20.4. The van der Waals surface area contributed by atoms with Crippen LogP contribution >= 0.6 is 0 Å². The van der Waals surface area contributed by atoms with E-state index in [1.807, 2.05) is 19.9 Å². The number of hydrogen-bond acceptors (Lipinski definition) is 4. The predicted molar refractivity (Wildman–Crippen MR) is 146 cm³/mol. The fourth-order valence-electron chi connectivity index (χ4n) is 4.75. The maximum Gasteiger partial charge on any atom is 0.264 e. The van der Waals surface area contributed by atoms with Gasteiger partial charge in [0, 0.05) is 6.04 Å². The van der Waals surface area contributed by atoms with Crippen molar-refractivity contribution in [3.63, 3.8) is 0 Å². The molecule has 2 N–H and O–H groups in total. The first kappa shape index (κ1) is 26.4. The fourth-order valence-corrected chi connectivity index (χ4v) is 6.18. The van der Waals surface area contributed by atoms with Gasteiger partial charge in [-0.25, -0.2) is 8.42 Å². The minimum absolute atomic E-state index is 0.0919. The van der Waals surface area contributed by atoms with E-state index in [4.69, 9.17) is 0 Å². The van der Waals surface area contributed by atoms with E-state index in [9.17, 15) is 18.0 Å². The first-order valence-electron chi connectivity index (χ1n) is 12.6. The van der Waals surface area contributed by atoms with E-state index < -0.39 is 22.5 Å². The second kappa shape index (κ2) is 11.6. The van der Waals surface area contributed by atoms with Crippen LogP contribution in [0.1, 0.15) is 53.6 Å². The van der Waals surface area contributed by atoms with Gasteiger partial charge in [0.05, 0.1) is 21.8 Å². The number of carbonyl (C=O) groups is 2. The molecule has 0 aromatic heterocycles. The fraction of sp³-hybridized carbons (Fsp3) is 0.310. The van der Waals surface area contributed by atoms with E-state index in [0.717, 1.165) is 41.1 Å². The molecule has 0 bridgehead atoms. The third kappa shape index (κ3) is 6.57. The largest absolute Gasteiger partial charge is 0.349 e. The predicted octanol–water partition coefficient (Wildman–Crippen LogP) is 5.20. The molecule has 1 saturated carbocycles. The molecular weight excluding hydrogens is 486 g/mol. The van der Waals surface area contributed by atoms with Crippen molar-refractivity contribution in [2.75, 3.05) is 16.2 Å². The quantitative estimate of drug-likeness (QED) is 0.428. The molecule has 3 aromatic rings. The van der Waals surface area contributed by atoms with E-state index in [-0.39, 0.29) is 16.8 Å². The highest BCUT2D eigenvalue weighted by atomic mass is 32.2. The summed E-state index contributed by atoms with van der Waals surface area (Å²) in [5.74, 6) is -0.789. The number of para-hydroxylation sites is 1. The van der Waals surface area contributed by atoms with Crippen LogP contribution in [0.2, 0.25) is 0 Å². The van der Waals surface area contributed by atoms with Crippen molar-refractivity contribution in [2.24, 2.45) is 0 Å². The molecule has 0 saturated heterocycles. The van der Waals surface area contributed by atoms with Crippen LogP contribution in [0.5, 0.6) is 0 Å². The maximum atomic E-state index is 13.6. The molecule has 0 spiro atoms. The highest BCUT2D eigenvalue weighted by Gasteiger charge is 2.28. The van der Waals surface area contributed by atoms with Crippen LogP contribution in [0, 0.1) is 13.8 Å². The van der Waals surface area contributed by atoms with Gasteiger partial charge in [-0.05, 0) is 74.2 Å². The molecule has 1 aliphatic carbocycles. The van der Waals surface area contributed by atoms with Gasteiger partial charge in [0.15, 0.2) is 0 Å². The smallest absolute Gasteiger partial charge is 0.264 e. The Morgan fingerprint density at radius 2 is 1.49 bits per heavy atom. The van der Waals surface area contributed by atoms with Crippen molar-refractivity contribution in [3.05, 3.63) is 89.5 Å². The number of hydrogen-bond donors (Lipinski definition) is 2. The molecule has 8 heteroatoms. The zero-order valence-electron chi connectivity index (χ0n) is 21.2. The number of carbonyl (C=O) groups excluding carboxylic acids is 2. The van der Waals surface area contributed by atoms with Crippen LogP contribution in [0.15, 0.2) is 77.7 Å². The first-order chi connectivity index (χ1) is 17.7. The summed E-state index contributed by atoms with van der Waals surface area (Å²) in [7, 11) is -4.03. The topological polar surface area (TPSA) is 95.6 Å². The monoisotopic (exact) mass is 519 g/mol. The molecule has 3 aromatic carbocycles. The van der Waals surface area contributed by atoms with Crippen LogP contribution in [-0.2, 0) is 14.8 Å². The van der Waals surface area contributed by atoms with Crippen LogP contribution in [0.3, 0.4) is 0 Å². The van der Waals surface area contributed by atoms with Gasteiger partial charge in [0.25, 0.3) is 15.9 Å². The van der Waals surface area contributed by atoms with Gasteiger partial charge in [0.1, 0.15) is 6.54 Å². The third-order valence-electron chi connectivity index (χ3n) is 6.50. The normalized spacial score (nSPS) is 14.1. The van der Waals surface area contributed by atoms with Crippen molar-refractivity contribution in [2.45, 2.75) is 56.9 Å². The van der Waals surface area contributed by atoms with Crippen LogP contribution in [0.4, 0.5) is 11.4 Å². The van der Waals surface area contributed by atoms with Gasteiger partial charge >= 0.3 is 0 Å². The summed E-state index contributed by atoms with van der Waals surface area (Å²) in [6.45, 7) is 3.31. The molecule has 0 unspecified atom stereocenters. The number of anilines is 2. The van der Waals surface area contributed by atoms with Crippen LogP contribution in [-0.4, -0.2) is 32.8 Å². The number of rotatable bonds is 8. The van der Waals surface area contributed by atoms with Gasteiger partial charge in [-0.1, -0.05) is 55.7 Å². The first-order valence-corrected chi connectivity index (χ1v) is 14.0. The van der Waals surface area contributed by atoms with Gasteiger partial charge in [-0.2, -0.15) is 0 Å². The molecule has 1 aliphatic rings. The maximum absolute atomic E-state index is 13.6. The standard InChI is InChI=1S/C29H33N3O4S/c1-21-17-22(2)19-24(18-21)32(37(35,36)25-13-7-4-8-14-25)20-28(33)31-27-16-10-9-15-26(27)29(34)30-23-11-5-3-6-12-23/h4,7-10,13-19,23H,3,5-6,11-12,20H2,1-2H3,(H,30,34)(H,31,33). The number of amides is 2. The SMILES string of the molecule is Cc1cc(C)cc(N(CC(=O)Nc2ccccc2C(=O)NC2CCCCC2)S(=O)(=O)c2ccccc2)c1. The molecule has 0 aliphatic heterocycles. The molecule has 7 nitrogen and oxygen atoms in total. The molecule has 4 rings (SSSR count). The Kier molecular flexibility index (Phi) is 8.28. The van der Waals surface area contributed by atoms with Gasteiger partial charge in [-0.3, -0.25) is 13.9 Å². The highest BCUT2D eigenvalue weighted by molar-refractivity contribution is 7.92.